The maximum Gasteiger partial charge on any atom is 1.00 e. The second kappa shape index (κ2) is 5.42. The Labute approximate surface area is 127 Å². The zero-order valence-corrected chi connectivity index (χ0v) is 12.2. The van der Waals surface area contributed by atoms with E-state index in [2.05, 4.69) is 20.8 Å². The Kier molecular flexibility index (Phi) is 5.55. The molecule has 0 N–H and O–H groups in total. The van der Waals surface area contributed by atoms with Crippen molar-refractivity contribution in [2.75, 3.05) is 0 Å². The second-order valence-corrected chi connectivity index (χ2v) is 4.11. The molecule has 0 heterocycles. The van der Waals surface area contributed by atoms with Crippen molar-refractivity contribution in [2.24, 2.45) is 0 Å². The van der Waals surface area contributed by atoms with Crippen LogP contribution in [-0.2, 0) is 5.41 Å². The van der Waals surface area contributed by atoms with Crippen LogP contribution in [-0.4, -0.2) is 5.97 Å². The van der Waals surface area contributed by atoms with Crippen LogP contribution in [0.3, 0.4) is 0 Å². The van der Waals surface area contributed by atoms with Gasteiger partial charge in [-0.05, 0) is 16.5 Å². The van der Waals surface area contributed by atoms with Crippen LogP contribution in [0.25, 0.3) is 0 Å². The summed E-state index contributed by atoms with van der Waals surface area (Å²) in [6, 6.07) is 6.81. The fourth-order valence-electron chi connectivity index (χ4n) is 1.11. The fraction of sp³-hybridized carbons (Fsp3) is 0.364. The molecule has 1 rings (SSSR count). The first-order valence-electron chi connectivity index (χ1n) is 4.23. The van der Waals surface area contributed by atoms with Crippen molar-refractivity contribution >= 4 is 5.97 Å². The third-order valence-corrected chi connectivity index (χ3v) is 1.99. The summed E-state index contributed by atoms with van der Waals surface area (Å²) in [6.45, 7) is 6.25. The van der Waals surface area contributed by atoms with Gasteiger partial charge in [-0.15, -0.1) is 0 Å². The van der Waals surface area contributed by atoms with Crippen LogP contribution in [0.15, 0.2) is 24.3 Å². The van der Waals surface area contributed by atoms with Gasteiger partial charge in [-0.1, -0.05) is 45.0 Å². The van der Waals surface area contributed by atoms with Gasteiger partial charge in [0.25, 0.3) is 0 Å². The van der Waals surface area contributed by atoms with Crippen molar-refractivity contribution in [1.29, 1.82) is 0 Å². The zero-order valence-electron chi connectivity index (χ0n) is 9.13. The van der Waals surface area contributed by atoms with E-state index in [1.165, 1.54) is 0 Å². The van der Waals surface area contributed by atoms with Crippen LogP contribution in [0.5, 0.6) is 0 Å². The van der Waals surface area contributed by atoms with E-state index in [9.17, 15) is 9.90 Å². The van der Waals surface area contributed by atoms with Crippen molar-refractivity contribution in [2.45, 2.75) is 26.2 Å². The molecule has 0 spiro atoms. The minimum absolute atomic E-state index is 0. The van der Waals surface area contributed by atoms with Crippen molar-refractivity contribution in [3.8, 4) is 0 Å². The molecule has 0 amide bonds. The van der Waals surface area contributed by atoms with Crippen molar-refractivity contribution < 1.29 is 61.3 Å². The third-order valence-electron chi connectivity index (χ3n) is 1.99. The monoisotopic (exact) mass is 216 g/mol. The van der Waals surface area contributed by atoms with Gasteiger partial charge >= 0.3 is 51.4 Å². The largest absolute Gasteiger partial charge is 1.00 e. The molecule has 0 radical (unpaired) electrons. The average molecular weight is 216 g/mol. The molecule has 1 aromatic rings. The Morgan fingerprint density at radius 1 is 1.14 bits per heavy atom. The maximum atomic E-state index is 10.5. The molecule has 1 aromatic carbocycles. The van der Waals surface area contributed by atoms with Gasteiger partial charge in [-0.25, -0.2) is 0 Å². The molecule has 0 saturated heterocycles. The van der Waals surface area contributed by atoms with Crippen LogP contribution >= 0.6 is 0 Å². The molecule has 0 bridgehead atoms. The average Bonchev–Trinajstić information content (AvgIpc) is 2.03. The predicted octanol–water partition coefficient (Wildman–Crippen LogP) is -1.65. The Bertz CT molecular complexity index is 309. The standard InChI is InChI=1S/C11H14O2.K/c1-11(2,3)9-6-4-8(5-7-9)10(12)13;/h4-7H,1-3H3,(H,12,13);/q;+1/p-1. The van der Waals surface area contributed by atoms with Gasteiger partial charge < -0.3 is 9.90 Å². The summed E-state index contributed by atoms with van der Waals surface area (Å²) >= 11 is 0. The number of rotatable bonds is 1. The Hall–Kier alpha value is 0.326. The number of aromatic carboxylic acids is 1. The van der Waals surface area contributed by atoms with Crippen molar-refractivity contribution in [3.05, 3.63) is 35.4 Å². The SMILES string of the molecule is CC(C)(C)c1ccc(C(=O)[O-])cc1.[K+]. The third kappa shape index (κ3) is 3.83. The molecule has 0 saturated carbocycles. The number of carbonyl (C=O) groups is 1. The molecule has 0 aliphatic heterocycles. The Balaban J connectivity index is 0.00000169. The van der Waals surface area contributed by atoms with E-state index in [-0.39, 0.29) is 62.4 Å². The van der Waals surface area contributed by atoms with Crippen molar-refractivity contribution in [1.82, 2.24) is 0 Å². The van der Waals surface area contributed by atoms with E-state index in [0.29, 0.717) is 0 Å². The first-order chi connectivity index (χ1) is 5.91. The van der Waals surface area contributed by atoms with E-state index in [1.54, 1.807) is 12.1 Å². The quantitative estimate of drug-likeness (QED) is 0.528. The van der Waals surface area contributed by atoms with E-state index < -0.39 is 5.97 Å². The molecule has 0 aliphatic rings. The van der Waals surface area contributed by atoms with Gasteiger partial charge in [0.2, 0.25) is 0 Å². The van der Waals surface area contributed by atoms with Gasteiger partial charge in [0.05, 0.1) is 5.97 Å². The van der Waals surface area contributed by atoms with Crippen LogP contribution < -0.4 is 56.5 Å². The smallest absolute Gasteiger partial charge is 0.545 e. The molecular weight excluding hydrogens is 203 g/mol. The summed E-state index contributed by atoms with van der Waals surface area (Å²) in [5.41, 5.74) is 1.41. The molecule has 0 aromatic heterocycles. The maximum absolute atomic E-state index is 10.5. The topological polar surface area (TPSA) is 40.1 Å². The summed E-state index contributed by atoms with van der Waals surface area (Å²) in [4.78, 5) is 10.5. The second-order valence-electron chi connectivity index (χ2n) is 4.11. The molecule has 0 unspecified atom stereocenters. The summed E-state index contributed by atoms with van der Waals surface area (Å²) in [7, 11) is 0. The van der Waals surface area contributed by atoms with Crippen LogP contribution in [0.1, 0.15) is 36.7 Å². The fourth-order valence-corrected chi connectivity index (χ4v) is 1.11. The first-order valence-corrected chi connectivity index (χ1v) is 4.23. The van der Waals surface area contributed by atoms with Gasteiger partial charge in [0.15, 0.2) is 0 Å². The summed E-state index contributed by atoms with van der Waals surface area (Å²) in [5.74, 6) is -1.12. The van der Waals surface area contributed by atoms with Gasteiger partial charge in [0.1, 0.15) is 0 Å². The number of benzene rings is 1. The molecule has 2 nitrogen and oxygen atoms in total. The number of carboxylic acid groups (broad SMARTS) is 1. The Morgan fingerprint density at radius 2 is 1.57 bits per heavy atom. The summed E-state index contributed by atoms with van der Waals surface area (Å²) in [6.07, 6.45) is 0. The van der Waals surface area contributed by atoms with Crippen LogP contribution in [0.4, 0.5) is 0 Å². The van der Waals surface area contributed by atoms with E-state index in [1.807, 2.05) is 12.1 Å². The minimum atomic E-state index is -1.12. The molecule has 70 valence electrons. The van der Waals surface area contributed by atoms with Crippen LogP contribution in [0, 0.1) is 0 Å². The molecule has 0 fully saturated rings. The number of carboxylic acids is 1. The molecule has 0 atom stereocenters. The minimum Gasteiger partial charge on any atom is -0.545 e. The van der Waals surface area contributed by atoms with Gasteiger partial charge in [-0.3, -0.25) is 0 Å². The molecule has 0 aliphatic carbocycles. The van der Waals surface area contributed by atoms with E-state index in [0.717, 1.165) is 5.56 Å². The van der Waals surface area contributed by atoms with Gasteiger partial charge in [-0.2, -0.15) is 0 Å². The van der Waals surface area contributed by atoms with Gasteiger partial charge in [0, 0.05) is 0 Å². The zero-order chi connectivity index (χ0) is 10.1. The Morgan fingerprint density at radius 3 is 1.86 bits per heavy atom. The number of carbonyl (C=O) groups excluding carboxylic acids is 1. The molecular formula is C11H13KO2. The molecule has 14 heavy (non-hydrogen) atoms. The van der Waals surface area contributed by atoms with E-state index in [4.69, 9.17) is 0 Å². The molecule has 3 heteroatoms. The van der Waals surface area contributed by atoms with Crippen molar-refractivity contribution in [3.63, 3.8) is 0 Å². The predicted molar refractivity (Wildman–Crippen MR) is 49.5 cm³/mol. The summed E-state index contributed by atoms with van der Waals surface area (Å²) in [5, 5.41) is 10.5. The van der Waals surface area contributed by atoms with E-state index >= 15 is 0 Å². The van der Waals surface area contributed by atoms with Crippen LogP contribution in [0.2, 0.25) is 0 Å². The number of hydrogen-bond acceptors (Lipinski definition) is 2. The normalized spacial score (nSPS) is 10.5. The number of hydrogen-bond donors (Lipinski definition) is 0. The first kappa shape index (κ1) is 14.3. The summed E-state index contributed by atoms with van der Waals surface area (Å²) < 4.78 is 0.